The molecule has 12 heteroatoms. The van der Waals surface area contributed by atoms with Crippen LogP contribution in [0.25, 0.3) is 11.0 Å². The first-order valence-electron chi connectivity index (χ1n) is 13.1. The fourth-order valence-electron chi connectivity index (χ4n) is 5.96. The number of hydrogen-bond acceptors (Lipinski definition) is 9. The first kappa shape index (κ1) is 25.8. The summed E-state index contributed by atoms with van der Waals surface area (Å²) in [5, 5.41) is 27.1. The highest BCUT2D eigenvalue weighted by Crippen LogP contribution is 2.46. The van der Waals surface area contributed by atoms with E-state index in [0.29, 0.717) is 43.1 Å². The number of nitrogens with one attached hydrogen (secondary N) is 2. The monoisotopic (exact) mass is 539 g/mol. The number of rotatable bonds is 8. The van der Waals surface area contributed by atoms with E-state index in [9.17, 15) is 19.8 Å². The molecular formula is C27H30FN5O6. The Morgan fingerprint density at radius 2 is 2.00 bits per heavy atom. The summed E-state index contributed by atoms with van der Waals surface area (Å²) in [4.78, 5) is 32.7. The molecule has 0 aromatic carbocycles. The van der Waals surface area contributed by atoms with Crippen molar-refractivity contribution >= 4 is 22.8 Å². The lowest BCUT2D eigenvalue weighted by Gasteiger charge is -2.55. The van der Waals surface area contributed by atoms with Crippen LogP contribution < -0.4 is 20.9 Å². The third-order valence-corrected chi connectivity index (χ3v) is 8.25. The Kier molecular flexibility index (Phi) is 6.58. The highest BCUT2D eigenvalue weighted by atomic mass is 19.1. The largest absolute Gasteiger partial charge is 0.480 e. The molecule has 1 amide bonds. The van der Waals surface area contributed by atoms with Gasteiger partial charge in [-0.1, -0.05) is 0 Å². The maximum atomic E-state index is 15.0. The zero-order valence-electron chi connectivity index (χ0n) is 21.3. The standard InChI is InChI=1S/C27H30FN5O6/c28-18-13-29-19-2-4-23(37)33(9-10-34)24(19)17(18)11-21(35)27-7-5-26(6-8-27,15-39-27)30-12-16-1-3-20-25(31-16)32-22(36)14-38-20/h1-4,13,21,30,34-35H,5-12,14-15H2,(H,31,32,36)/t21-,26?,27?/m0/s1. The van der Waals surface area contributed by atoms with Crippen molar-refractivity contribution in [2.75, 3.05) is 25.1 Å². The van der Waals surface area contributed by atoms with E-state index >= 15 is 4.39 Å². The third-order valence-electron chi connectivity index (χ3n) is 8.25. The van der Waals surface area contributed by atoms with E-state index in [1.165, 1.54) is 16.7 Å². The molecular weight excluding hydrogens is 509 g/mol. The van der Waals surface area contributed by atoms with Crippen LogP contribution in [0.2, 0.25) is 0 Å². The highest BCUT2D eigenvalue weighted by Gasteiger charge is 2.53. The summed E-state index contributed by atoms with van der Waals surface area (Å²) >= 11 is 0. The molecule has 1 aliphatic carbocycles. The van der Waals surface area contributed by atoms with Crippen molar-refractivity contribution < 1.29 is 28.9 Å². The minimum atomic E-state index is -1.00. The molecule has 2 bridgehead atoms. The minimum absolute atomic E-state index is 0.00128. The van der Waals surface area contributed by atoms with Crippen LogP contribution >= 0.6 is 0 Å². The maximum Gasteiger partial charge on any atom is 0.263 e. The number of amides is 1. The van der Waals surface area contributed by atoms with Gasteiger partial charge in [0.05, 0.1) is 47.8 Å². The van der Waals surface area contributed by atoms with E-state index in [4.69, 9.17) is 9.47 Å². The summed E-state index contributed by atoms with van der Waals surface area (Å²) in [6.07, 6.45) is 2.72. The highest BCUT2D eigenvalue weighted by molar-refractivity contribution is 5.94. The minimum Gasteiger partial charge on any atom is -0.480 e. The van der Waals surface area contributed by atoms with E-state index in [1.807, 2.05) is 6.07 Å². The van der Waals surface area contributed by atoms with E-state index < -0.39 is 17.5 Å². The number of ether oxygens (including phenoxy) is 2. The Labute approximate surface area is 223 Å². The zero-order valence-corrected chi connectivity index (χ0v) is 21.3. The number of pyridine rings is 3. The van der Waals surface area contributed by atoms with Gasteiger partial charge in [0.2, 0.25) is 0 Å². The molecule has 39 heavy (non-hydrogen) atoms. The quantitative estimate of drug-likeness (QED) is 0.329. The molecule has 7 rings (SSSR count). The summed E-state index contributed by atoms with van der Waals surface area (Å²) in [7, 11) is 0. The number of anilines is 1. The van der Waals surface area contributed by atoms with Crippen molar-refractivity contribution in [3.8, 4) is 5.75 Å². The van der Waals surface area contributed by atoms with Gasteiger partial charge in [-0.25, -0.2) is 9.37 Å². The van der Waals surface area contributed by atoms with E-state index in [0.717, 1.165) is 24.7 Å². The maximum absolute atomic E-state index is 15.0. The number of fused-ring (bicyclic) bond motifs is 5. The van der Waals surface area contributed by atoms with E-state index in [1.54, 1.807) is 6.07 Å². The molecule has 3 aliphatic heterocycles. The van der Waals surface area contributed by atoms with Crippen LogP contribution in [0.5, 0.6) is 5.75 Å². The second-order valence-electron chi connectivity index (χ2n) is 10.6. The summed E-state index contributed by atoms with van der Waals surface area (Å²) in [5.74, 6) is 0.102. The van der Waals surface area contributed by atoms with Gasteiger partial charge >= 0.3 is 0 Å². The van der Waals surface area contributed by atoms with Crippen LogP contribution in [-0.2, 0) is 29.0 Å². The zero-order chi connectivity index (χ0) is 27.2. The number of carbonyl (C=O) groups is 1. The second-order valence-corrected chi connectivity index (χ2v) is 10.6. The van der Waals surface area contributed by atoms with Crippen LogP contribution in [-0.4, -0.2) is 67.7 Å². The Hall–Kier alpha value is -3.45. The molecule has 0 unspecified atom stereocenters. The predicted octanol–water partition coefficient (Wildman–Crippen LogP) is 1.03. The molecule has 4 aliphatic rings. The average molecular weight is 540 g/mol. The Bertz CT molecular complexity index is 1470. The van der Waals surface area contributed by atoms with Gasteiger partial charge in [-0.3, -0.25) is 14.6 Å². The number of nitrogens with zero attached hydrogens (tertiary/aromatic N) is 3. The smallest absolute Gasteiger partial charge is 0.263 e. The predicted molar refractivity (Wildman–Crippen MR) is 138 cm³/mol. The van der Waals surface area contributed by atoms with E-state index in [-0.39, 0.29) is 54.3 Å². The van der Waals surface area contributed by atoms with E-state index in [2.05, 4.69) is 20.6 Å². The molecule has 4 N–H and O–H groups in total. The van der Waals surface area contributed by atoms with Gasteiger partial charge in [0, 0.05) is 36.7 Å². The molecule has 6 heterocycles. The molecule has 206 valence electrons. The lowest BCUT2D eigenvalue weighted by Crippen LogP contribution is -2.65. The van der Waals surface area contributed by atoms with Gasteiger partial charge in [-0.15, -0.1) is 0 Å². The topological polar surface area (TPSA) is 148 Å². The van der Waals surface area contributed by atoms with Crippen LogP contribution in [0.3, 0.4) is 0 Å². The SMILES string of the molecule is O=C1COc2ccc(CNC34CCC([C@@H](O)Cc5c(F)cnc6ccc(=O)n(CCO)c56)(CC3)OC4)nc2N1. The molecule has 2 saturated heterocycles. The Balaban J connectivity index is 1.16. The number of aromatic nitrogens is 3. The van der Waals surface area contributed by atoms with Crippen molar-refractivity contribution in [1.29, 1.82) is 0 Å². The van der Waals surface area contributed by atoms with Crippen molar-refractivity contribution in [2.24, 2.45) is 0 Å². The van der Waals surface area contributed by atoms with Gasteiger partial charge in [-0.05, 0) is 43.9 Å². The number of aliphatic hydroxyl groups excluding tert-OH is 2. The molecule has 0 spiro atoms. The average Bonchev–Trinajstić information content (AvgIpc) is 2.95. The molecule has 3 aromatic heterocycles. The number of halogens is 1. The third kappa shape index (κ3) is 4.67. The molecule has 0 radical (unpaired) electrons. The number of hydrogen-bond donors (Lipinski definition) is 4. The molecule has 1 saturated carbocycles. The van der Waals surface area contributed by atoms with Crippen LogP contribution in [0.1, 0.15) is 36.9 Å². The van der Waals surface area contributed by atoms with Gasteiger partial charge in [0.1, 0.15) is 5.82 Å². The molecule has 3 aromatic rings. The number of carbonyl (C=O) groups excluding carboxylic acids is 1. The lowest BCUT2D eigenvalue weighted by atomic mass is 9.68. The summed E-state index contributed by atoms with van der Waals surface area (Å²) in [6.45, 7) is 0.538. The molecule has 1 atom stereocenters. The summed E-state index contributed by atoms with van der Waals surface area (Å²) in [5.41, 5.74) is 0.167. The molecule has 11 nitrogen and oxygen atoms in total. The first-order chi connectivity index (χ1) is 18.8. The normalized spacial score (nSPS) is 24.7. The van der Waals surface area contributed by atoms with Crippen LogP contribution in [0.15, 0.2) is 35.3 Å². The summed E-state index contributed by atoms with van der Waals surface area (Å²) < 4.78 is 28.0. The Morgan fingerprint density at radius 1 is 1.18 bits per heavy atom. The van der Waals surface area contributed by atoms with Gasteiger partial charge < -0.3 is 34.9 Å². The fraction of sp³-hybridized carbons (Fsp3) is 0.481. The van der Waals surface area contributed by atoms with Crippen molar-refractivity contribution in [2.45, 2.75) is 62.4 Å². The van der Waals surface area contributed by atoms with Crippen molar-refractivity contribution in [1.82, 2.24) is 19.9 Å². The van der Waals surface area contributed by atoms with Crippen molar-refractivity contribution in [3.05, 3.63) is 57.9 Å². The van der Waals surface area contributed by atoms with Gasteiger partial charge in [0.15, 0.2) is 18.2 Å². The molecule has 3 fully saturated rings. The summed E-state index contributed by atoms with van der Waals surface area (Å²) in [6, 6.07) is 6.50. The van der Waals surface area contributed by atoms with Crippen molar-refractivity contribution in [3.63, 3.8) is 0 Å². The van der Waals surface area contributed by atoms with Crippen LogP contribution in [0, 0.1) is 5.82 Å². The van der Waals surface area contributed by atoms with Gasteiger partial charge in [-0.2, -0.15) is 0 Å². The second kappa shape index (κ2) is 9.94. The Morgan fingerprint density at radius 3 is 2.74 bits per heavy atom. The number of aliphatic hydroxyl groups is 2. The van der Waals surface area contributed by atoms with Crippen LogP contribution in [0.4, 0.5) is 10.2 Å². The van der Waals surface area contributed by atoms with Gasteiger partial charge in [0.25, 0.3) is 11.5 Å². The fourth-order valence-corrected chi connectivity index (χ4v) is 5.96. The first-order valence-corrected chi connectivity index (χ1v) is 13.1. The lowest BCUT2D eigenvalue weighted by molar-refractivity contribution is -0.208.